The molecule has 0 radical (unpaired) electrons. The van der Waals surface area contributed by atoms with Gasteiger partial charge in [-0.05, 0) is 11.4 Å². The molecule has 3 N–H and O–H groups in total. The molecule has 0 saturated heterocycles. The van der Waals surface area contributed by atoms with E-state index in [-0.39, 0.29) is 0 Å². The highest BCUT2D eigenvalue weighted by Gasteiger charge is 2.05. The van der Waals surface area contributed by atoms with E-state index < -0.39 is 0 Å². The number of hydrogen-bond donors (Lipinski definition) is 2. The number of nitrogens with zero attached hydrogens (tertiary/aromatic N) is 4. The van der Waals surface area contributed by atoms with Crippen molar-refractivity contribution >= 4 is 23.5 Å². The van der Waals surface area contributed by atoms with Crippen molar-refractivity contribution in [2.24, 2.45) is 5.10 Å². The van der Waals surface area contributed by atoms with Crippen molar-refractivity contribution in [1.82, 2.24) is 14.9 Å². The van der Waals surface area contributed by atoms with Gasteiger partial charge in [-0.15, -0.1) is 21.5 Å². The lowest BCUT2D eigenvalue weighted by Crippen LogP contribution is -2.14. The summed E-state index contributed by atoms with van der Waals surface area (Å²) in [6.07, 6.45) is 2.45. The Morgan fingerprint density at radius 2 is 2.50 bits per heavy atom. The molecule has 0 spiro atoms. The van der Waals surface area contributed by atoms with E-state index in [4.69, 9.17) is 5.84 Å². The fraction of sp³-hybridized carbons (Fsp3) is 0.222. The van der Waals surface area contributed by atoms with Crippen LogP contribution >= 0.6 is 11.3 Å². The van der Waals surface area contributed by atoms with Crippen LogP contribution in [-0.4, -0.2) is 21.1 Å². The van der Waals surface area contributed by atoms with E-state index >= 15 is 0 Å². The molecule has 0 aliphatic rings. The van der Waals surface area contributed by atoms with Crippen molar-refractivity contribution in [2.75, 3.05) is 11.3 Å². The molecule has 0 amide bonds. The summed E-state index contributed by atoms with van der Waals surface area (Å²) in [4.78, 5) is 1.06. The molecule has 0 unspecified atom stereocenters. The molecule has 0 fully saturated rings. The zero-order valence-electron chi connectivity index (χ0n) is 8.79. The van der Waals surface area contributed by atoms with Crippen LogP contribution in [0.3, 0.4) is 0 Å². The van der Waals surface area contributed by atoms with E-state index in [1.165, 1.54) is 4.68 Å². The molecule has 2 aromatic rings. The van der Waals surface area contributed by atoms with E-state index in [1.54, 1.807) is 17.6 Å². The summed E-state index contributed by atoms with van der Waals surface area (Å²) in [6.45, 7) is 1.96. The summed E-state index contributed by atoms with van der Waals surface area (Å²) in [5.74, 6) is 6.88. The largest absolute Gasteiger partial charge is 0.335 e. The molecule has 0 aromatic carbocycles. The average Bonchev–Trinajstić information content (AvgIpc) is 2.90. The predicted molar refractivity (Wildman–Crippen MR) is 65.1 cm³/mol. The molecule has 0 atom stereocenters. The highest BCUT2D eigenvalue weighted by molar-refractivity contribution is 7.11. The Morgan fingerprint density at radius 3 is 3.12 bits per heavy atom. The van der Waals surface area contributed by atoms with Gasteiger partial charge in [-0.2, -0.15) is 5.10 Å². The van der Waals surface area contributed by atoms with Gasteiger partial charge in [0.1, 0.15) is 0 Å². The second-order valence-corrected chi connectivity index (χ2v) is 4.03. The zero-order valence-corrected chi connectivity index (χ0v) is 9.61. The molecule has 2 rings (SSSR count). The lowest BCUT2D eigenvalue weighted by atomic mass is 10.5. The standard InChI is InChI=1S/C9H12N6S/c1-2-8-12-14-9(15(8)10)13-11-6-7-4-3-5-16-7/h3-6H,2,10H2,1H3,(H,13,14)/b11-6+. The van der Waals surface area contributed by atoms with Gasteiger partial charge in [-0.3, -0.25) is 0 Å². The molecule has 0 aliphatic heterocycles. The average molecular weight is 236 g/mol. The number of nitrogens with one attached hydrogen (secondary N) is 1. The van der Waals surface area contributed by atoms with Gasteiger partial charge in [0, 0.05) is 11.3 Å². The Hall–Kier alpha value is -1.89. The Kier molecular flexibility index (Phi) is 3.16. The Balaban J connectivity index is 2.02. The lowest BCUT2D eigenvalue weighted by molar-refractivity contribution is 0.855. The first-order valence-corrected chi connectivity index (χ1v) is 5.71. The smallest absolute Gasteiger partial charge is 0.263 e. The maximum atomic E-state index is 5.73. The van der Waals surface area contributed by atoms with Crippen LogP contribution in [0, 0.1) is 0 Å². The number of nitrogen functional groups attached to an aromatic ring is 1. The Labute approximate surface area is 96.8 Å². The maximum Gasteiger partial charge on any atom is 0.263 e. The SMILES string of the molecule is CCc1nnc(N/N=C/c2cccs2)n1N. The fourth-order valence-corrected chi connectivity index (χ4v) is 1.74. The molecule has 16 heavy (non-hydrogen) atoms. The predicted octanol–water partition coefficient (Wildman–Crippen LogP) is 1.06. The minimum atomic E-state index is 0.435. The van der Waals surface area contributed by atoms with Crippen molar-refractivity contribution in [3.63, 3.8) is 0 Å². The zero-order chi connectivity index (χ0) is 11.4. The second kappa shape index (κ2) is 4.75. The summed E-state index contributed by atoms with van der Waals surface area (Å²) in [6, 6.07) is 3.94. The maximum absolute atomic E-state index is 5.73. The third kappa shape index (κ3) is 2.19. The number of thiophene rings is 1. The van der Waals surface area contributed by atoms with Crippen LogP contribution in [0.1, 0.15) is 17.6 Å². The number of aryl methyl sites for hydroxylation is 1. The summed E-state index contributed by atoms with van der Waals surface area (Å²) in [5.41, 5.74) is 2.75. The second-order valence-electron chi connectivity index (χ2n) is 3.05. The summed E-state index contributed by atoms with van der Waals surface area (Å²) >= 11 is 1.61. The van der Waals surface area contributed by atoms with Crippen LogP contribution < -0.4 is 11.3 Å². The minimum Gasteiger partial charge on any atom is -0.335 e. The van der Waals surface area contributed by atoms with Gasteiger partial charge in [0.15, 0.2) is 5.82 Å². The van der Waals surface area contributed by atoms with Gasteiger partial charge >= 0.3 is 0 Å². The number of hydrazone groups is 1. The summed E-state index contributed by atoms with van der Waals surface area (Å²) in [5, 5.41) is 13.8. The van der Waals surface area contributed by atoms with E-state index in [1.807, 2.05) is 24.4 Å². The van der Waals surface area contributed by atoms with E-state index in [0.29, 0.717) is 11.8 Å². The van der Waals surface area contributed by atoms with Gasteiger partial charge < -0.3 is 5.84 Å². The van der Waals surface area contributed by atoms with Crippen molar-refractivity contribution in [2.45, 2.75) is 13.3 Å². The molecule has 0 bridgehead atoms. The highest BCUT2D eigenvalue weighted by Crippen LogP contribution is 2.06. The van der Waals surface area contributed by atoms with Crippen LogP contribution in [0.15, 0.2) is 22.6 Å². The van der Waals surface area contributed by atoms with Gasteiger partial charge in [0.25, 0.3) is 5.95 Å². The number of aromatic nitrogens is 3. The van der Waals surface area contributed by atoms with Crippen molar-refractivity contribution < 1.29 is 0 Å². The quantitative estimate of drug-likeness (QED) is 0.472. The lowest BCUT2D eigenvalue weighted by Gasteiger charge is -1.99. The molecule has 0 aliphatic carbocycles. The molecule has 84 valence electrons. The number of hydrogen-bond acceptors (Lipinski definition) is 6. The fourth-order valence-electron chi connectivity index (χ4n) is 1.16. The van der Waals surface area contributed by atoms with Crippen LogP contribution in [-0.2, 0) is 6.42 Å². The monoisotopic (exact) mass is 236 g/mol. The third-order valence-electron chi connectivity index (χ3n) is 1.98. The first-order chi connectivity index (χ1) is 7.81. The van der Waals surface area contributed by atoms with Crippen molar-refractivity contribution in [1.29, 1.82) is 0 Å². The number of nitrogens with two attached hydrogens (primary N) is 1. The topological polar surface area (TPSA) is 81.1 Å². The normalized spacial score (nSPS) is 11.1. The van der Waals surface area contributed by atoms with Crippen LogP contribution in [0.2, 0.25) is 0 Å². The summed E-state index contributed by atoms with van der Waals surface area (Å²) < 4.78 is 1.39. The molecular weight excluding hydrogens is 224 g/mol. The molecular formula is C9H12N6S. The van der Waals surface area contributed by atoms with Crippen LogP contribution in [0.5, 0.6) is 0 Å². The molecule has 0 saturated carbocycles. The van der Waals surface area contributed by atoms with Crippen LogP contribution in [0.25, 0.3) is 0 Å². The van der Waals surface area contributed by atoms with Crippen LogP contribution in [0.4, 0.5) is 5.95 Å². The number of anilines is 1. The first-order valence-electron chi connectivity index (χ1n) is 4.83. The molecule has 2 aromatic heterocycles. The van der Waals surface area contributed by atoms with Gasteiger partial charge in [0.05, 0.1) is 6.21 Å². The Bertz CT molecular complexity index is 472. The van der Waals surface area contributed by atoms with E-state index in [9.17, 15) is 0 Å². The number of rotatable bonds is 4. The van der Waals surface area contributed by atoms with Gasteiger partial charge in [0.2, 0.25) is 0 Å². The highest BCUT2D eigenvalue weighted by atomic mass is 32.1. The van der Waals surface area contributed by atoms with Gasteiger partial charge in [-0.25, -0.2) is 10.1 Å². The van der Waals surface area contributed by atoms with Gasteiger partial charge in [-0.1, -0.05) is 13.0 Å². The van der Waals surface area contributed by atoms with Crippen molar-refractivity contribution in [3.05, 3.63) is 28.2 Å². The summed E-state index contributed by atoms with van der Waals surface area (Å²) in [7, 11) is 0. The minimum absolute atomic E-state index is 0.435. The molecule has 6 nitrogen and oxygen atoms in total. The van der Waals surface area contributed by atoms with E-state index in [0.717, 1.165) is 11.3 Å². The molecule has 2 heterocycles. The molecule has 7 heteroatoms. The third-order valence-corrected chi connectivity index (χ3v) is 2.79. The first kappa shape index (κ1) is 10.6. The van der Waals surface area contributed by atoms with Crippen molar-refractivity contribution in [3.8, 4) is 0 Å². The Morgan fingerprint density at radius 1 is 1.62 bits per heavy atom. The van der Waals surface area contributed by atoms with E-state index in [2.05, 4.69) is 20.7 Å².